The third-order valence-electron chi connectivity index (χ3n) is 2.39. The molecule has 0 saturated carbocycles. The number of aliphatic imine (C=N–C) groups is 1. The number of ether oxygens (including phenoxy) is 3. The average Bonchev–Trinajstić information content (AvgIpc) is 2.43. The molecule has 0 aromatic heterocycles. The van der Waals surface area contributed by atoms with E-state index in [1.165, 1.54) is 0 Å². The minimum absolute atomic E-state index is 0.286. The second kappa shape index (κ2) is 6.73. The normalized spacial score (nSPS) is 18.7. The zero-order valence-electron chi connectivity index (χ0n) is 10.3. The molecular weight excluding hydrogens is 242 g/mol. The van der Waals surface area contributed by atoms with E-state index in [4.69, 9.17) is 4.74 Å². The van der Waals surface area contributed by atoms with Gasteiger partial charge in [0.1, 0.15) is 0 Å². The van der Waals surface area contributed by atoms with Crippen LogP contribution in [-0.2, 0) is 28.6 Å². The van der Waals surface area contributed by atoms with Gasteiger partial charge in [0.25, 0.3) is 5.78 Å². The van der Waals surface area contributed by atoms with Crippen molar-refractivity contribution in [2.24, 2.45) is 4.99 Å². The molecule has 7 heteroatoms. The highest BCUT2D eigenvalue weighted by Crippen LogP contribution is 2.10. The van der Waals surface area contributed by atoms with Crippen molar-refractivity contribution in [1.29, 1.82) is 0 Å². The Balaban J connectivity index is 2.87. The Labute approximate surface area is 104 Å². The van der Waals surface area contributed by atoms with E-state index >= 15 is 0 Å². The number of hydrogen-bond acceptors (Lipinski definition) is 7. The van der Waals surface area contributed by atoms with Gasteiger partial charge in [-0.1, -0.05) is 0 Å². The van der Waals surface area contributed by atoms with Crippen molar-refractivity contribution < 1.29 is 28.6 Å². The average molecular weight is 257 g/mol. The maximum Gasteiger partial charge on any atom is 0.377 e. The summed E-state index contributed by atoms with van der Waals surface area (Å²) in [5.74, 6) is -2.82. The molecular formula is C11H15NO6. The van der Waals surface area contributed by atoms with Crippen molar-refractivity contribution in [2.45, 2.75) is 25.3 Å². The van der Waals surface area contributed by atoms with Crippen LogP contribution in [0, 0.1) is 0 Å². The monoisotopic (exact) mass is 257 g/mol. The summed E-state index contributed by atoms with van der Waals surface area (Å²) in [5, 5.41) is 0. The predicted octanol–water partition coefficient (Wildman–Crippen LogP) is -0.131. The molecule has 0 aliphatic carbocycles. The molecule has 0 aromatic rings. The maximum atomic E-state index is 11.6. The van der Waals surface area contributed by atoms with E-state index in [1.807, 2.05) is 0 Å². The largest absolute Gasteiger partial charge is 0.481 e. The van der Waals surface area contributed by atoms with Crippen LogP contribution in [-0.4, -0.2) is 50.5 Å². The molecule has 0 spiro atoms. The van der Waals surface area contributed by atoms with E-state index in [0.717, 1.165) is 27.1 Å². The molecule has 7 nitrogen and oxygen atoms in total. The lowest BCUT2D eigenvalue weighted by Crippen LogP contribution is -2.37. The fourth-order valence-electron chi connectivity index (χ4n) is 1.43. The molecule has 1 fully saturated rings. The number of Topliss-reactive ketones (excluding diaryl/α,β-unsaturated/α-hetero) is 1. The van der Waals surface area contributed by atoms with Crippen molar-refractivity contribution in [1.82, 2.24) is 0 Å². The minimum atomic E-state index is -1.55. The van der Waals surface area contributed by atoms with Gasteiger partial charge >= 0.3 is 11.9 Å². The van der Waals surface area contributed by atoms with E-state index in [0.29, 0.717) is 13.0 Å². The van der Waals surface area contributed by atoms with E-state index in [2.05, 4.69) is 14.5 Å². The van der Waals surface area contributed by atoms with Crippen molar-refractivity contribution >= 4 is 23.6 Å². The number of carbonyl (C=O) groups is 3. The molecule has 18 heavy (non-hydrogen) atoms. The summed E-state index contributed by atoms with van der Waals surface area (Å²) in [4.78, 5) is 38.0. The van der Waals surface area contributed by atoms with Gasteiger partial charge in [-0.3, -0.25) is 4.79 Å². The van der Waals surface area contributed by atoms with Gasteiger partial charge < -0.3 is 14.2 Å². The Morgan fingerprint density at radius 1 is 1.22 bits per heavy atom. The topological polar surface area (TPSA) is 91.3 Å². The number of esters is 2. The molecule has 1 aliphatic heterocycles. The minimum Gasteiger partial charge on any atom is -0.481 e. The lowest BCUT2D eigenvalue weighted by Gasteiger charge is -2.16. The first kappa shape index (κ1) is 14.1. The van der Waals surface area contributed by atoms with Gasteiger partial charge in [-0.15, -0.1) is 0 Å². The van der Waals surface area contributed by atoms with Crippen LogP contribution >= 0.6 is 0 Å². The van der Waals surface area contributed by atoms with Crippen LogP contribution in [0.25, 0.3) is 0 Å². The SMILES string of the molecule is COC(=O)C(=O)C(N=C1CCCCO1)C(=O)OC. The number of nitrogens with zero attached hydrogens (tertiary/aromatic N) is 1. The summed E-state index contributed by atoms with van der Waals surface area (Å²) in [6.07, 6.45) is 2.29. The smallest absolute Gasteiger partial charge is 0.377 e. The van der Waals surface area contributed by atoms with Gasteiger partial charge in [0.15, 0.2) is 5.90 Å². The molecule has 0 amide bonds. The summed E-state index contributed by atoms with van der Waals surface area (Å²) < 4.78 is 13.9. The molecule has 1 saturated heterocycles. The molecule has 100 valence electrons. The highest BCUT2D eigenvalue weighted by atomic mass is 16.5. The highest BCUT2D eigenvalue weighted by Gasteiger charge is 2.34. The Morgan fingerprint density at radius 3 is 2.44 bits per heavy atom. The molecule has 1 unspecified atom stereocenters. The number of ketones is 1. The van der Waals surface area contributed by atoms with Crippen LogP contribution in [0.3, 0.4) is 0 Å². The predicted molar refractivity (Wildman–Crippen MR) is 60.1 cm³/mol. The fourth-order valence-corrected chi connectivity index (χ4v) is 1.43. The number of methoxy groups -OCH3 is 2. The molecule has 0 aromatic carbocycles. The lowest BCUT2D eigenvalue weighted by molar-refractivity contribution is -0.156. The first-order chi connectivity index (χ1) is 8.60. The second-order valence-corrected chi connectivity index (χ2v) is 3.61. The van der Waals surface area contributed by atoms with Gasteiger partial charge in [0, 0.05) is 6.42 Å². The van der Waals surface area contributed by atoms with E-state index in [-0.39, 0.29) is 5.90 Å². The molecule has 1 aliphatic rings. The number of rotatable bonds is 4. The zero-order chi connectivity index (χ0) is 13.5. The van der Waals surface area contributed by atoms with Crippen LogP contribution in [0.4, 0.5) is 0 Å². The number of hydrogen-bond donors (Lipinski definition) is 0. The third-order valence-corrected chi connectivity index (χ3v) is 2.39. The van der Waals surface area contributed by atoms with Crippen LogP contribution in [0.1, 0.15) is 19.3 Å². The van der Waals surface area contributed by atoms with E-state index in [1.54, 1.807) is 0 Å². The lowest BCUT2D eigenvalue weighted by atomic mass is 10.1. The maximum absolute atomic E-state index is 11.6. The first-order valence-corrected chi connectivity index (χ1v) is 5.49. The van der Waals surface area contributed by atoms with Crippen molar-refractivity contribution in [3.05, 3.63) is 0 Å². The summed E-state index contributed by atoms with van der Waals surface area (Å²) >= 11 is 0. The summed E-state index contributed by atoms with van der Waals surface area (Å²) in [7, 11) is 2.17. The van der Waals surface area contributed by atoms with E-state index < -0.39 is 23.8 Å². The molecule has 0 radical (unpaired) electrons. The molecule has 1 atom stereocenters. The van der Waals surface area contributed by atoms with E-state index in [9.17, 15) is 14.4 Å². The molecule has 0 bridgehead atoms. The summed E-state index contributed by atoms with van der Waals surface area (Å²) in [6.45, 7) is 0.485. The zero-order valence-corrected chi connectivity index (χ0v) is 10.3. The Morgan fingerprint density at radius 2 is 1.94 bits per heavy atom. The summed E-state index contributed by atoms with van der Waals surface area (Å²) in [5.41, 5.74) is 0. The molecule has 0 N–H and O–H groups in total. The number of carbonyl (C=O) groups excluding carboxylic acids is 3. The summed E-state index contributed by atoms with van der Waals surface area (Å²) in [6, 6.07) is -1.55. The van der Waals surface area contributed by atoms with Gasteiger partial charge in [-0.2, -0.15) is 0 Å². The van der Waals surface area contributed by atoms with Crippen LogP contribution in [0.2, 0.25) is 0 Å². The van der Waals surface area contributed by atoms with Crippen molar-refractivity contribution in [3.63, 3.8) is 0 Å². The molecule has 1 rings (SSSR count). The molecule has 1 heterocycles. The van der Waals surface area contributed by atoms with Crippen molar-refractivity contribution in [2.75, 3.05) is 20.8 Å². The first-order valence-electron chi connectivity index (χ1n) is 5.49. The van der Waals surface area contributed by atoms with Gasteiger partial charge in [0.2, 0.25) is 6.04 Å². The van der Waals surface area contributed by atoms with Crippen LogP contribution in [0.5, 0.6) is 0 Å². The Kier molecular flexibility index (Phi) is 5.29. The van der Waals surface area contributed by atoms with Crippen LogP contribution in [0.15, 0.2) is 4.99 Å². The highest BCUT2D eigenvalue weighted by molar-refractivity contribution is 6.40. The van der Waals surface area contributed by atoms with Crippen molar-refractivity contribution in [3.8, 4) is 0 Å². The quantitative estimate of drug-likeness (QED) is 0.396. The van der Waals surface area contributed by atoms with Crippen LogP contribution < -0.4 is 0 Å². The Hall–Kier alpha value is -1.92. The van der Waals surface area contributed by atoms with Gasteiger partial charge in [-0.25, -0.2) is 14.6 Å². The van der Waals surface area contributed by atoms with Gasteiger partial charge in [0.05, 0.1) is 20.8 Å². The van der Waals surface area contributed by atoms with Gasteiger partial charge in [-0.05, 0) is 12.8 Å². The second-order valence-electron chi connectivity index (χ2n) is 3.61. The standard InChI is InChI=1S/C11H15NO6/c1-16-10(14)8(9(13)11(15)17-2)12-7-5-3-4-6-18-7/h8H,3-6H2,1-2H3. The fraction of sp³-hybridized carbons (Fsp3) is 0.636. The third kappa shape index (κ3) is 3.54. The Bertz CT molecular complexity index is 368.